The van der Waals surface area contributed by atoms with Crippen LogP contribution < -0.4 is 0 Å². The number of hydrogen-bond acceptors (Lipinski definition) is 2. The Bertz CT molecular complexity index is 1120. The van der Waals surface area contributed by atoms with Gasteiger partial charge in [0.15, 0.2) is 0 Å². The Morgan fingerprint density at radius 1 is 1.19 bits per heavy atom. The second-order valence-electron chi connectivity index (χ2n) is 8.55. The Morgan fingerprint density at radius 3 is 2.61 bits per heavy atom. The molecule has 3 aromatic rings. The maximum absolute atomic E-state index is 14.0. The number of hydrogen-bond donors (Lipinski definition) is 1. The number of aromatic nitrogens is 1. The Labute approximate surface area is 181 Å². The molecule has 5 nitrogen and oxygen atoms in total. The normalized spacial score (nSPS) is 15.8. The van der Waals surface area contributed by atoms with Crippen LogP contribution in [0.2, 0.25) is 0 Å². The molecule has 1 aliphatic carbocycles. The number of amides is 1. The van der Waals surface area contributed by atoms with Gasteiger partial charge in [-0.05, 0) is 62.4 Å². The number of benzene rings is 2. The van der Waals surface area contributed by atoms with Gasteiger partial charge in [0.05, 0.1) is 0 Å². The van der Waals surface area contributed by atoms with Crippen molar-refractivity contribution in [1.29, 1.82) is 0 Å². The van der Waals surface area contributed by atoms with E-state index in [1.807, 2.05) is 49.1 Å². The van der Waals surface area contributed by atoms with Gasteiger partial charge in [-0.15, -0.1) is 0 Å². The summed E-state index contributed by atoms with van der Waals surface area (Å²) < 4.78 is 15.8. The van der Waals surface area contributed by atoms with Crippen molar-refractivity contribution in [1.82, 2.24) is 9.47 Å². The Hall–Kier alpha value is -3.15. The minimum absolute atomic E-state index is 0.0555. The van der Waals surface area contributed by atoms with Crippen molar-refractivity contribution in [2.45, 2.75) is 52.2 Å². The molecule has 1 unspecified atom stereocenters. The summed E-state index contributed by atoms with van der Waals surface area (Å²) >= 11 is 0. The predicted octanol–water partition coefficient (Wildman–Crippen LogP) is 4.41. The zero-order valence-corrected chi connectivity index (χ0v) is 17.8. The maximum Gasteiger partial charge on any atom is 0.323 e. The number of aliphatic carboxylic acids is 1. The van der Waals surface area contributed by atoms with Crippen LogP contribution in [0.5, 0.6) is 0 Å². The monoisotopic (exact) mass is 422 g/mol. The molecule has 0 spiro atoms. The van der Waals surface area contributed by atoms with Crippen LogP contribution in [-0.2, 0) is 35.5 Å². The second-order valence-corrected chi connectivity index (χ2v) is 8.55. The third-order valence-corrected chi connectivity index (χ3v) is 6.17. The van der Waals surface area contributed by atoms with Crippen molar-refractivity contribution in [3.63, 3.8) is 0 Å². The maximum atomic E-state index is 14.0. The summed E-state index contributed by atoms with van der Waals surface area (Å²) in [6, 6.07) is 14.4. The van der Waals surface area contributed by atoms with Crippen LogP contribution in [0.1, 0.15) is 37.1 Å². The van der Waals surface area contributed by atoms with E-state index in [1.54, 1.807) is 10.6 Å². The number of carbonyl (C=O) groups is 2. The number of fused-ring (bicyclic) bond motifs is 3. The highest BCUT2D eigenvalue weighted by molar-refractivity contribution is 5.89. The van der Waals surface area contributed by atoms with Gasteiger partial charge in [0, 0.05) is 35.1 Å². The molecule has 1 atom stereocenters. The van der Waals surface area contributed by atoms with Crippen LogP contribution in [0.15, 0.2) is 48.5 Å². The molecular weight excluding hydrogens is 395 g/mol. The first-order chi connectivity index (χ1) is 14.8. The largest absolute Gasteiger partial charge is 0.480 e. The number of halogens is 1. The van der Waals surface area contributed by atoms with Gasteiger partial charge in [-0.1, -0.05) is 30.3 Å². The molecule has 0 fully saturated rings. The molecule has 0 saturated heterocycles. The summed E-state index contributed by atoms with van der Waals surface area (Å²) in [4.78, 5) is 26.8. The zero-order chi connectivity index (χ0) is 22.1. The average Bonchev–Trinajstić information content (AvgIpc) is 3.04. The number of carboxylic acid groups (broad SMARTS) is 1. The van der Waals surface area contributed by atoms with E-state index in [4.69, 9.17) is 0 Å². The molecule has 162 valence electrons. The van der Waals surface area contributed by atoms with E-state index in [0.29, 0.717) is 36.7 Å². The molecule has 1 N–H and O–H groups in total. The van der Waals surface area contributed by atoms with E-state index in [-0.39, 0.29) is 30.2 Å². The van der Waals surface area contributed by atoms with Gasteiger partial charge < -0.3 is 14.6 Å². The molecule has 4 rings (SSSR count). The molecule has 1 heterocycles. The molecular formula is C25H27FN2O3. The van der Waals surface area contributed by atoms with Gasteiger partial charge in [-0.3, -0.25) is 9.59 Å². The van der Waals surface area contributed by atoms with Crippen molar-refractivity contribution >= 4 is 22.8 Å². The first-order valence-electron chi connectivity index (χ1n) is 10.7. The highest BCUT2D eigenvalue weighted by Crippen LogP contribution is 2.36. The molecule has 0 aliphatic heterocycles. The molecule has 2 aromatic carbocycles. The lowest BCUT2D eigenvalue weighted by molar-refractivity contribution is -0.139. The van der Waals surface area contributed by atoms with Crippen LogP contribution in [0, 0.1) is 11.7 Å². The van der Waals surface area contributed by atoms with Crippen molar-refractivity contribution < 1.29 is 19.1 Å². The standard InChI is InChI=1S/C25H27FN2O3/c1-16(2)27(14-17-6-4-3-5-7-17)25(31)18-8-10-22-20(12-18)21-13-19(26)9-11-23(21)28(22)15-24(29)30/h3-7,9,11,13,16,18H,8,10,12,14-15H2,1-2H3,(H,29,30). The van der Waals surface area contributed by atoms with Crippen LogP contribution in [0.3, 0.4) is 0 Å². The minimum atomic E-state index is -0.934. The van der Waals surface area contributed by atoms with E-state index >= 15 is 0 Å². The number of rotatable bonds is 6. The van der Waals surface area contributed by atoms with Crippen LogP contribution in [0.25, 0.3) is 10.9 Å². The second kappa shape index (κ2) is 8.53. The zero-order valence-electron chi connectivity index (χ0n) is 17.8. The average molecular weight is 423 g/mol. The lowest BCUT2D eigenvalue weighted by atomic mass is 9.85. The summed E-state index contributed by atoms with van der Waals surface area (Å²) in [5.74, 6) is -1.40. The molecule has 1 aromatic heterocycles. The van der Waals surface area contributed by atoms with Crippen molar-refractivity contribution in [2.24, 2.45) is 5.92 Å². The third kappa shape index (κ3) is 4.20. The summed E-state index contributed by atoms with van der Waals surface area (Å²) in [7, 11) is 0. The fourth-order valence-corrected chi connectivity index (χ4v) is 4.68. The van der Waals surface area contributed by atoms with Crippen LogP contribution in [-0.4, -0.2) is 32.5 Å². The lowest BCUT2D eigenvalue weighted by Gasteiger charge is -2.33. The van der Waals surface area contributed by atoms with Crippen LogP contribution >= 0.6 is 0 Å². The van der Waals surface area contributed by atoms with Crippen molar-refractivity contribution in [3.05, 3.63) is 71.2 Å². The highest BCUT2D eigenvalue weighted by atomic mass is 19.1. The van der Waals surface area contributed by atoms with Gasteiger partial charge in [0.2, 0.25) is 5.91 Å². The SMILES string of the molecule is CC(C)N(Cc1ccccc1)C(=O)C1CCc2c(c3cc(F)ccc3n2CC(=O)O)C1. The fourth-order valence-electron chi connectivity index (χ4n) is 4.68. The predicted molar refractivity (Wildman–Crippen MR) is 117 cm³/mol. The topological polar surface area (TPSA) is 62.5 Å². The summed E-state index contributed by atoms with van der Waals surface area (Å²) in [5.41, 5.74) is 3.61. The first-order valence-corrected chi connectivity index (χ1v) is 10.7. The molecule has 6 heteroatoms. The van der Waals surface area contributed by atoms with E-state index in [0.717, 1.165) is 16.8 Å². The lowest BCUT2D eigenvalue weighted by Crippen LogP contribution is -2.42. The summed E-state index contributed by atoms with van der Waals surface area (Å²) in [6.45, 7) is 4.42. The molecule has 31 heavy (non-hydrogen) atoms. The first kappa shape index (κ1) is 21.1. The van der Waals surface area contributed by atoms with E-state index in [9.17, 15) is 19.1 Å². The van der Waals surface area contributed by atoms with Crippen molar-refractivity contribution in [3.8, 4) is 0 Å². The van der Waals surface area contributed by atoms with Crippen molar-refractivity contribution in [2.75, 3.05) is 0 Å². The van der Waals surface area contributed by atoms with Gasteiger partial charge in [-0.25, -0.2) is 4.39 Å². The Morgan fingerprint density at radius 2 is 1.94 bits per heavy atom. The number of nitrogens with zero attached hydrogens (tertiary/aromatic N) is 2. The van der Waals surface area contributed by atoms with Gasteiger partial charge in [0.25, 0.3) is 0 Å². The quantitative estimate of drug-likeness (QED) is 0.640. The fraction of sp³-hybridized carbons (Fsp3) is 0.360. The minimum Gasteiger partial charge on any atom is -0.480 e. The van der Waals surface area contributed by atoms with Crippen LogP contribution in [0.4, 0.5) is 4.39 Å². The Kier molecular flexibility index (Phi) is 5.81. The Balaban J connectivity index is 1.66. The van der Waals surface area contributed by atoms with Gasteiger partial charge >= 0.3 is 5.97 Å². The third-order valence-electron chi connectivity index (χ3n) is 6.17. The van der Waals surface area contributed by atoms with Gasteiger partial charge in [-0.2, -0.15) is 0 Å². The van der Waals surface area contributed by atoms with E-state index in [2.05, 4.69) is 0 Å². The number of carboxylic acids is 1. The summed E-state index contributed by atoms with van der Waals surface area (Å²) in [5, 5.41) is 10.1. The van der Waals surface area contributed by atoms with Gasteiger partial charge in [0.1, 0.15) is 12.4 Å². The molecule has 0 bridgehead atoms. The molecule has 1 amide bonds. The smallest absolute Gasteiger partial charge is 0.323 e. The summed E-state index contributed by atoms with van der Waals surface area (Å²) in [6.07, 6.45) is 1.76. The van der Waals surface area contributed by atoms with E-state index < -0.39 is 5.97 Å². The molecule has 1 aliphatic rings. The highest BCUT2D eigenvalue weighted by Gasteiger charge is 2.33. The molecule has 0 radical (unpaired) electrons. The van der Waals surface area contributed by atoms with E-state index in [1.165, 1.54) is 12.1 Å². The molecule has 0 saturated carbocycles. The number of carbonyl (C=O) groups excluding carboxylic acids is 1.